The summed E-state index contributed by atoms with van der Waals surface area (Å²) in [6, 6.07) is 0.119. The second-order valence-electron chi connectivity index (χ2n) is 3.36. The molecule has 0 spiro atoms. The fraction of sp³-hybridized carbons (Fsp3) is 0.857. The Hall–Kier alpha value is -0.770. The van der Waals surface area contributed by atoms with E-state index in [4.69, 9.17) is 9.84 Å². The molecule has 2 aliphatic rings. The van der Waals surface area contributed by atoms with E-state index in [2.05, 4.69) is 0 Å². The van der Waals surface area contributed by atoms with Gasteiger partial charge in [0.25, 0.3) is 0 Å². The topological polar surface area (TPSA) is 49.8 Å². The Balaban J connectivity index is 2.09. The lowest BCUT2D eigenvalue weighted by atomic mass is 10.3. The fourth-order valence-corrected chi connectivity index (χ4v) is 1.68. The number of ether oxygens (including phenoxy) is 1. The molecule has 2 atom stereocenters. The van der Waals surface area contributed by atoms with Gasteiger partial charge in [-0.25, -0.2) is 4.79 Å². The van der Waals surface area contributed by atoms with Gasteiger partial charge in [-0.1, -0.05) is 0 Å². The summed E-state index contributed by atoms with van der Waals surface area (Å²) >= 11 is 0. The molecule has 2 fully saturated rings. The quantitative estimate of drug-likeness (QED) is 0.558. The second-order valence-corrected chi connectivity index (χ2v) is 3.36. The molecule has 1 saturated heterocycles. The van der Waals surface area contributed by atoms with E-state index in [9.17, 15) is 4.79 Å². The maximum absolute atomic E-state index is 10.6. The summed E-state index contributed by atoms with van der Waals surface area (Å²) < 4.78 is 5.41. The van der Waals surface area contributed by atoms with Gasteiger partial charge in [0.05, 0.1) is 18.2 Å². The molecule has 0 radical (unpaired) electrons. The number of hydrogen-bond donors (Lipinski definition) is 1. The van der Waals surface area contributed by atoms with Crippen molar-refractivity contribution in [2.24, 2.45) is 0 Å². The Morgan fingerprint density at radius 1 is 1.82 bits per heavy atom. The van der Waals surface area contributed by atoms with E-state index < -0.39 is 6.09 Å². The van der Waals surface area contributed by atoms with Crippen molar-refractivity contribution >= 4 is 6.09 Å². The molecule has 1 aliphatic heterocycles. The van der Waals surface area contributed by atoms with Crippen molar-refractivity contribution in [3.05, 3.63) is 0 Å². The first kappa shape index (κ1) is 6.91. The van der Waals surface area contributed by atoms with Crippen molar-refractivity contribution in [1.29, 1.82) is 0 Å². The lowest BCUT2D eigenvalue weighted by molar-refractivity contribution is -0.0214. The van der Waals surface area contributed by atoms with E-state index in [1.54, 1.807) is 0 Å². The summed E-state index contributed by atoms with van der Waals surface area (Å²) in [5.41, 5.74) is -0.156. The predicted octanol–water partition coefficient (Wildman–Crippen LogP) is 0.528. The van der Waals surface area contributed by atoms with Gasteiger partial charge in [-0.3, -0.25) is 0 Å². The number of hydrogen-bond acceptors (Lipinski definition) is 2. The number of carbonyl (C=O) groups is 1. The Bertz CT molecular complexity index is 206. The Kier molecular flexibility index (Phi) is 1.18. The minimum atomic E-state index is -0.818. The van der Waals surface area contributed by atoms with Gasteiger partial charge in [0, 0.05) is 13.0 Å². The highest BCUT2D eigenvalue weighted by atomic mass is 16.5. The minimum Gasteiger partial charge on any atom is -0.465 e. The Labute approximate surface area is 64.7 Å². The molecular weight excluding hydrogens is 146 g/mol. The van der Waals surface area contributed by atoms with Gasteiger partial charge in [-0.15, -0.1) is 0 Å². The van der Waals surface area contributed by atoms with Crippen molar-refractivity contribution in [2.45, 2.75) is 25.0 Å². The van der Waals surface area contributed by atoms with E-state index in [1.165, 1.54) is 4.90 Å². The lowest BCUT2D eigenvalue weighted by Crippen LogP contribution is -2.43. The van der Waals surface area contributed by atoms with Gasteiger partial charge < -0.3 is 14.7 Å². The molecule has 0 aromatic rings. The number of nitrogens with zero attached hydrogens (tertiary/aromatic N) is 1. The van der Waals surface area contributed by atoms with E-state index >= 15 is 0 Å². The number of amides is 1. The Morgan fingerprint density at radius 2 is 2.55 bits per heavy atom. The molecular formula is C7H11NO3. The normalized spacial score (nSPS) is 41.5. The molecule has 1 saturated carbocycles. The van der Waals surface area contributed by atoms with Crippen LogP contribution in [0.25, 0.3) is 0 Å². The average molecular weight is 157 g/mol. The summed E-state index contributed by atoms with van der Waals surface area (Å²) in [6.07, 6.45) is 0.0428. The van der Waals surface area contributed by atoms with Gasteiger partial charge >= 0.3 is 6.09 Å². The molecule has 4 nitrogen and oxygen atoms in total. The largest absolute Gasteiger partial charge is 0.465 e. The SMILES string of the molecule is CC12CC1N(C(=O)O)CCO2. The molecule has 4 heteroatoms. The van der Waals surface area contributed by atoms with E-state index in [0.29, 0.717) is 13.2 Å². The van der Waals surface area contributed by atoms with Crippen molar-refractivity contribution < 1.29 is 14.6 Å². The van der Waals surface area contributed by atoms with Crippen LogP contribution in [0.15, 0.2) is 0 Å². The van der Waals surface area contributed by atoms with Crippen LogP contribution >= 0.6 is 0 Å². The third-order valence-corrected chi connectivity index (χ3v) is 2.53. The van der Waals surface area contributed by atoms with Crippen LogP contribution in [0.2, 0.25) is 0 Å². The van der Waals surface area contributed by atoms with Gasteiger partial charge in [0.15, 0.2) is 0 Å². The van der Waals surface area contributed by atoms with Crippen LogP contribution in [-0.2, 0) is 4.74 Å². The van der Waals surface area contributed by atoms with Crippen LogP contribution in [0.5, 0.6) is 0 Å². The summed E-state index contributed by atoms with van der Waals surface area (Å²) in [5.74, 6) is 0. The summed E-state index contributed by atoms with van der Waals surface area (Å²) in [7, 11) is 0. The van der Waals surface area contributed by atoms with Crippen LogP contribution in [0, 0.1) is 0 Å². The average Bonchev–Trinajstić information content (AvgIpc) is 2.58. The molecule has 62 valence electrons. The Morgan fingerprint density at radius 3 is 3.09 bits per heavy atom. The molecule has 1 heterocycles. The smallest absolute Gasteiger partial charge is 0.407 e. The molecule has 11 heavy (non-hydrogen) atoms. The molecule has 2 rings (SSSR count). The highest BCUT2D eigenvalue weighted by Crippen LogP contribution is 2.45. The highest BCUT2D eigenvalue weighted by Gasteiger charge is 2.58. The maximum atomic E-state index is 10.6. The maximum Gasteiger partial charge on any atom is 0.407 e. The van der Waals surface area contributed by atoms with Crippen molar-refractivity contribution in [2.75, 3.05) is 13.2 Å². The monoisotopic (exact) mass is 157 g/mol. The molecule has 1 amide bonds. The van der Waals surface area contributed by atoms with Crippen molar-refractivity contribution in [3.63, 3.8) is 0 Å². The van der Waals surface area contributed by atoms with Gasteiger partial charge in [0.1, 0.15) is 0 Å². The standard InChI is InChI=1S/C7H11NO3/c1-7-4-5(7)8(6(9)10)2-3-11-7/h5H,2-4H2,1H3,(H,9,10). The van der Waals surface area contributed by atoms with Crippen LogP contribution in [0.1, 0.15) is 13.3 Å². The highest BCUT2D eigenvalue weighted by molar-refractivity contribution is 5.66. The number of rotatable bonds is 0. The number of fused-ring (bicyclic) bond motifs is 1. The van der Waals surface area contributed by atoms with E-state index in [-0.39, 0.29) is 11.6 Å². The van der Waals surface area contributed by atoms with Crippen LogP contribution < -0.4 is 0 Å². The minimum absolute atomic E-state index is 0.119. The summed E-state index contributed by atoms with van der Waals surface area (Å²) in [6.45, 7) is 3.03. The van der Waals surface area contributed by atoms with Crippen molar-refractivity contribution in [1.82, 2.24) is 4.90 Å². The van der Waals surface area contributed by atoms with Gasteiger partial charge in [0.2, 0.25) is 0 Å². The predicted molar refractivity (Wildman–Crippen MR) is 37.5 cm³/mol. The molecule has 0 aromatic heterocycles. The lowest BCUT2D eigenvalue weighted by Gasteiger charge is -2.27. The molecule has 2 unspecified atom stereocenters. The second kappa shape index (κ2) is 1.88. The first-order chi connectivity index (χ1) is 5.13. The van der Waals surface area contributed by atoms with Gasteiger partial charge in [-0.2, -0.15) is 0 Å². The van der Waals surface area contributed by atoms with Crippen LogP contribution in [0.3, 0.4) is 0 Å². The fourth-order valence-electron chi connectivity index (χ4n) is 1.68. The van der Waals surface area contributed by atoms with E-state index in [0.717, 1.165) is 6.42 Å². The third-order valence-electron chi connectivity index (χ3n) is 2.53. The molecule has 1 aliphatic carbocycles. The zero-order valence-electron chi connectivity index (χ0n) is 6.41. The zero-order chi connectivity index (χ0) is 8.06. The molecule has 1 N–H and O–H groups in total. The first-order valence-electron chi connectivity index (χ1n) is 3.77. The molecule has 0 bridgehead atoms. The summed E-state index contributed by atoms with van der Waals surface area (Å²) in [4.78, 5) is 12.1. The van der Waals surface area contributed by atoms with Crippen LogP contribution in [0.4, 0.5) is 4.79 Å². The molecule has 0 aromatic carbocycles. The summed E-state index contributed by atoms with van der Waals surface area (Å²) in [5, 5.41) is 8.72. The number of morpholine rings is 1. The zero-order valence-corrected chi connectivity index (χ0v) is 6.41. The first-order valence-corrected chi connectivity index (χ1v) is 3.77. The third kappa shape index (κ3) is 0.894. The van der Waals surface area contributed by atoms with E-state index in [1.807, 2.05) is 6.92 Å². The number of carboxylic acid groups (broad SMARTS) is 1. The van der Waals surface area contributed by atoms with Gasteiger partial charge in [-0.05, 0) is 6.92 Å². The van der Waals surface area contributed by atoms with Crippen LogP contribution in [-0.4, -0.2) is 40.9 Å². The van der Waals surface area contributed by atoms with Crippen molar-refractivity contribution in [3.8, 4) is 0 Å².